The molecule has 1 amide bonds. The molecule has 0 bridgehead atoms. The van der Waals surface area contributed by atoms with Crippen LogP contribution in [0.2, 0.25) is 0 Å². The van der Waals surface area contributed by atoms with E-state index in [0.29, 0.717) is 26.2 Å². The number of hydrogen-bond donors (Lipinski definition) is 0. The van der Waals surface area contributed by atoms with Crippen LogP contribution in [0.1, 0.15) is 46.0 Å². The monoisotopic (exact) mass is 267 g/mol. The third kappa shape index (κ3) is 3.11. The number of carbonyl (C=O) groups excluding carboxylic acids is 1. The highest BCUT2D eigenvalue weighted by Crippen LogP contribution is 2.34. The second kappa shape index (κ2) is 5.06. The van der Waals surface area contributed by atoms with Gasteiger partial charge in [0.05, 0.1) is 24.9 Å². The lowest BCUT2D eigenvalue weighted by Crippen LogP contribution is -2.60. The van der Waals surface area contributed by atoms with E-state index in [1.807, 2.05) is 4.90 Å². The molecule has 2 heterocycles. The van der Waals surface area contributed by atoms with Gasteiger partial charge in [-0.15, -0.1) is 0 Å². The molecule has 1 saturated carbocycles. The summed E-state index contributed by atoms with van der Waals surface area (Å²) in [6.07, 6.45) is 5.77. The zero-order valence-corrected chi connectivity index (χ0v) is 12.1. The lowest BCUT2D eigenvalue weighted by atomic mass is 10.00. The molecule has 4 heteroatoms. The number of ether oxygens (including phenoxy) is 2. The van der Waals surface area contributed by atoms with Crippen molar-refractivity contribution in [1.29, 1.82) is 0 Å². The van der Waals surface area contributed by atoms with Crippen molar-refractivity contribution in [2.45, 2.75) is 63.7 Å². The number of nitrogens with zero attached hydrogens (tertiary/aromatic N) is 1. The van der Waals surface area contributed by atoms with Gasteiger partial charge in [0, 0.05) is 13.0 Å². The van der Waals surface area contributed by atoms with E-state index in [4.69, 9.17) is 9.47 Å². The van der Waals surface area contributed by atoms with Crippen LogP contribution in [0.5, 0.6) is 0 Å². The maximum absolute atomic E-state index is 12.4. The van der Waals surface area contributed by atoms with Crippen LogP contribution < -0.4 is 0 Å². The Labute approximate surface area is 115 Å². The van der Waals surface area contributed by atoms with Gasteiger partial charge >= 0.3 is 0 Å². The van der Waals surface area contributed by atoms with Gasteiger partial charge in [0.15, 0.2) is 0 Å². The lowest BCUT2D eigenvalue weighted by molar-refractivity contribution is -0.169. The van der Waals surface area contributed by atoms with E-state index >= 15 is 0 Å². The Morgan fingerprint density at radius 2 is 2.11 bits per heavy atom. The van der Waals surface area contributed by atoms with Crippen LogP contribution in [0.15, 0.2) is 0 Å². The van der Waals surface area contributed by atoms with Crippen molar-refractivity contribution >= 4 is 5.91 Å². The van der Waals surface area contributed by atoms with Crippen molar-refractivity contribution in [3.63, 3.8) is 0 Å². The topological polar surface area (TPSA) is 38.8 Å². The summed E-state index contributed by atoms with van der Waals surface area (Å²) in [6.45, 7) is 6.08. The minimum atomic E-state index is -0.249. The third-order valence-corrected chi connectivity index (χ3v) is 4.44. The quantitative estimate of drug-likeness (QED) is 0.781. The summed E-state index contributed by atoms with van der Waals surface area (Å²) in [6, 6.07) is 0.140. The van der Waals surface area contributed by atoms with Crippen molar-refractivity contribution in [3.8, 4) is 0 Å². The zero-order valence-electron chi connectivity index (χ0n) is 12.1. The molecule has 2 atom stereocenters. The van der Waals surface area contributed by atoms with E-state index in [2.05, 4.69) is 13.8 Å². The van der Waals surface area contributed by atoms with Crippen LogP contribution in [0.4, 0.5) is 0 Å². The molecule has 0 aromatic rings. The summed E-state index contributed by atoms with van der Waals surface area (Å²) in [5, 5.41) is 0. The molecule has 0 spiro atoms. The Bertz CT molecular complexity index is 351. The van der Waals surface area contributed by atoms with Gasteiger partial charge in [0.2, 0.25) is 5.91 Å². The predicted molar refractivity (Wildman–Crippen MR) is 71.8 cm³/mol. The molecule has 0 radical (unpaired) electrons. The van der Waals surface area contributed by atoms with Crippen LogP contribution in [0, 0.1) is 5.92 Å². The van der Waals surface area contributed by atoms with Crippen molar-refractivity contribution in [1.82, 2.24) is 4.90 Å². The highest BCUT2D eigenvalue weighted by atomic mass is 16.6. The number of morpholine rings is 1. The van der Waals surface area contributed by atoms with Gasteiger partial charge in [-0.3, -0.25) is 4.79 Å². The van der Waals surface area contributed by atoms with E-state index in [-0.39, 0.29) is 23.7 Å². The second-order valence-electron chi connectivity index (χ2n) is 6.88. The Morgan fingerprint density at radius 3 is 2.84 bits per heavy atom. The zero-order chi connectivity index (χ0) is 13.5. The summed E-state index contributed by atoms with van der Waals surface area (Å²) >= 11 is 0. The first kappa shape index (κ1) is 13.4. The van der Waals surface area contributed by atoms with Gasteiger partial charge < -0.3 is 14.4 Å². The molecule has 4 nitrogen and oxygen atoms in total. The highest BCUT2D eigenvalue weighted by Gasteiger charge is 2.45. The van der Waals surface area contributed by atoms with Gasteiger partial charge in [0.25, 0.3) is 0 Å². The van der Waals surface area contributed by atoms with E-state index in [0.717, 1.165) is 12.3 Å². The fourth-order valence-corrected chi connectivity index (χ4v) is 3.27. The number of amides is 1. The first-order valence-electron chi connectivity index (χ1n) is 7.60. The Balaban J connectivity index is 1.58. The maximum atomic E-state index is 12.4. The Kier molecular flexibility index (Phi) is 3.56. The summed E-state index contributed by atoms with van der Waals surface area (Å²) in [5.41, 5.74) is -0.249. The summed E-state index contributed by atoms with van der Waals surface area (Å²) in [7, 11) is 0. The van der Waals surface area contributed by atoms with E-state index in [1.165, 1.54) is 19.3 Å². The second-order valence-corrected chi connectivity index (χ2v) is 6.88. The minimum absolute atomic E-state index is 0.0659. The molecule has 0 aromatic carbocycles. The van der Waals surface area contributed by atoms with Crippen molar-refractivity contribution in [2.24, 2.45) is 5.92 Å². The molecular formula is C15H25NO3. The fourth-order valence-electron chi connectivity index (χ4n) is 3.27. The SMILES string of the molecule is CC1(C)CN(C(=O)CCCC2CC2)[C@@H]2COC[C@H]2O1. The summed E-state index contributed by atoms with van der Waals surface area (Å²) < 4.78 is 11.5. The molecule has 2 aliphatic heterocycles. The standard InChI is InChI=1S/C15H25NO3/c1-15(2)10-16(12-8-18-9-13(12)19-15)14(17)5-3-4-11-6-7-11/h11-13H,3-10H2,1-2H3/t12-,13-/m1/s1. The molecule has 0 unspecified atom stereocenters. The smallest absolute Gasteiger partial charge is 0.223 e. The summed E-state index contributed by atoms with van der Waals surface area (Å²) in [5.74, 6) is 1.20. The van der Waals surface area contributed by atoms with Crippen molar-refractivity contribution in [2.75, 3.05) is 19.8 Å². The maximum Gasteiger partial charge on any atom is 0.223 e. The summed E-state index contributed by atoms with van der Waals surface area (Å²) in [4.78, 5) is 14.5. The molecular weight excluding hydrogens is 242 g/mol. The number of fused-ring (bicyclic) bond motifs is 1. The molecule has 3 rings (SSSR count). The number of carbonyl (C=O) groups is 1. The van der Waals surface area contributed by atoms with Gasteiger partial charge in [-0.1, -0.05) is 12.8 Å². The molecule has 3 fully saturated rings. The third-order valence-electron chi connectivity index (χ3n) is 4.44. The van der Waals surface area contributed by atoms with Crippen LogP contribution in [-0.2, 0) is 14.3 Å². The van der Waals surface area contributed by atoms with Crippen LogP contribution in [0.25, 0.3) is 0 Å². The lowest BCUT2D eigenvalue weighted by Gasteiger charge is -2.45. The molecule has 1 aliphatic carbocycles. The van der Waals surface area contributed by atoms with Crippen LogP contribution in [-0.4, -0.2) is 48.3 Å². The number of rotatable bonds is 4. The average molecular weight is 267 g/mol. The first-order valence-corrected chi connectivity index (χ1v) is 7.60. The average Bonchev–Trinajstić information content (AvgIpc) is 3.04. The number of hydrogen-bond acceptors (Lipinski definition) is 3. The Morgan fingerprint density at radius 1 is 1.32 bits per heavy atom. The normalized spacial score (nSPS) is 33.3. The minimum Gasteiger partial charge on any atom is -0.376 e. The van der Waals surface area contributed by atoms with Gasteiger partial charge in [-0.05, 0) is 32.6 Å². The largest absolute Gasteiger partial charge is 0.376 e. The van der Waals surface area contributed by atoms with E-state index < -0.39 is 0 Å². The van der Waals surface area contributed by atoms with Crippen molar-refractivity contribution < 1.29 is 14.3 Å². The molecule has 108 valence electrons. The molecule has 0 N–H and O–H groups in total. The molecule has 19 heavy (non-hydrogen) atoms. The van der Waals surface area contributed by atoms with E-state index in [1.54, 1.807) is 0 Å². The van der Waals surface area contributed by atoms with Crippen molar-refractivity contribution in [3.05, 3.63) is 0 Å². The van der Waals surface area contributed by atoms with Gasteiger partial charge in [0.1, 0.15) is 6.10 Å². The highest BCUT2D eigenvalue weighted by molar-refractivity contribution is 5.77. The fraction of sp³-hybridized carbons (Fsp3) is 0.933. The van der Waals surface area contributed by atoms with Crippen LogP contribution in [0.3, 0.4) is 0 Å². The molecule has 0 aromatic heterocycles. The van der Waals surface area contributed by atoms with Gasteiger partial charge in [-0.2, -0.15) is 0 Å². The Hall–Kier alpha value is -0.610. The van der Waals surface area contributed by atoms with E-state index in [9.17, 15) is 4.79 Å². The van der Waals surface area contributed by atoms with Gasteiger partial charge in [-0.25, -0.2) is 0 Å². The molecule has 3 aliphatic rings. The predicted octanol–water partition coefficient (Wildman–Crippen LogP) is 1.97. The molecule has 2 saturated heterocycles. The van der Waals surface area contributed by atoms with Crippen LogP contribution >= 0.6 is 0 Å². The first-order chi connectivity index (χ1) is 9.05.